The summed E-state index contributed by atoms with van der Waals surface area (Å²) in [4.78, 5) is 2.36. The predicted molar refractivity (Wildman–Crippen MR) is 67.2 cm³/mol. The van der Waals surface area contributed by atoms with Crippen molar-refractivity contribution in [2.24, 2.45) is 5.92 Å². The zero-order chi connectivity index (χ0) is 10.9. The Kier molecular flexibility index (Phi) is 7.03. The molecule has 0 unspecified atom stereocenters. The van der Waals surface area contributed by atoms with Gasteiger partial charge in [-0.15, -0.1) is 0 Å². The molecule has 2 nitrogen and oxygen atoms in total. The monoisotopic (exact) mass is 212 g/mol. The van der Waals surface area contributed by atoms with Crippen LogP contribution in [0.4, 0.5) is 0 Å². The lowest BCUT2D eigenvalue weighted by atomic mass is 10.0. The van der Waals surface area contributed by atoms with E-state index in [1.165, 1.54) is 51.6 Å². The summed E-state index contributed by atoms with van der Waals surface area (Å²) in [5.41, 5.74) is 0. The Morgan fingerprint density at radius 1 is 1.13 bits per heavy atom. The highest BCUT2D eigenvalue weighted by atomic mass is 15.1. The standard InChI is InChI=1S/C13H28N2/c1-3-15(2)11-10-14-12-13-8-6-4-5-7-9-13/h13-14H,3-12H2,1-2H3. The van der Waals surface area contributed by atoms with E-state index in [2.05, 4.69) is 24.2 Å². The van der Waals surface area contributed by atoms with E-state index >= 15 is 0 Å². The first kappa shape index (κ1) is 13.0. The lowest BCUT2D eigenvalue weighted by Crippen LogP contribution is -2.31. The molecule has 90 valence electrons. The minimum absolute atomic E-state index is 0.958. The van der Waals surface area contributed by atoms with Gasteiger partial charge in [0, 0.05) is 13.1 Å². The van der Waals surface area contributed by atoms with Gasteiger partial charge in [0.1, 0.15) is 0 Å². The highest BCUT2D eigenvalue weighted by molar-refractivity contribution is 4.67. The molecule has 0 spiro atoms. The molecule has 2 heteroatoms. The number of likely N-dealkylation sites (N-methyl/N-ethyl adjacent to an activating group) is 1. The van der Waals surface area contributed by atoms with Crippen molar-refractivity contribution in [1.29, 1.82) is 0 Å². The second-order valence-electron chi connectivity index (χ2n) is 4.96. The zero-order valence-electron chi connectivity index (χ0n) is 10.6. The van der Waals surface area contributed by atoms with Gasteiger partial charge >= 0.3 is 0 Å². The Morgan fingerprint density at radius 2 is 1.80 bits per heavy atom. The van der Waals surface area contributed by atoms with Gasteiger partial charge < -0.3 is 10.2 Å². The van der Waals surface area contributed by atoms with Crippen molar-refractivity contribution >= 4 is 0 Å². The zero-order valence-corrected chi connectivity index (χ0v) is 10.6. The highest BCUT2D eigenvalue weighted by Gasteiger charge is 2.11. The molecule has 0 saturated heterocycles. The number of nitrogens with zero attached hydrogens (tertiary/aromatic N) is 1. The molecule has 0 aliphatic heterocycles. The Hall–Kier alpha value is -0.0800. The average molecular weight is 212 g/mol. The summed E-state index contributed by atoms with van der Waals surface area (Å²) in [6, 6.07) is 0. The summed E-state index contributed by atoms with van der Waals surface area (Å²) in [6.45, 7) is 6.96. The minimum atomic E-state index is 0.958. The van der Waals surface area contributed by atoms with Crippen LogP contribution in [0.15, 0.2) is 0 Å². The fourth-order valence-electron chi connectivity index (χ4n) is 2.30. The van der Waals surface area contributed by atoms with Crippen molar-refractivity contribution in [2.45, 2.75) is 45.4 Å². The third kappa shape index (κ3) is 6.16. The summed E-state index contributed by atoms with van der Waals surface area (Å²) < 4.78 is 0. The van der Waals surface area contributed by atoms with E-state index in [1.54, 1.807) is 0 Å². The molecule has 0 amide bonds. The quantitative estimate of drug-likeness (QED) is 0.537. The lowest BCUT2D eigenvalue weighted by molar-refractivity contribution is 0.337. The smallest absolute Gasteiger partial charge is 0.0104 e. The van der Waals surface area contributed by atoms with Crippen LogP contribution in [0.3, 0.4) is 0 Å². The average Bonchev–Trinajstić information content (AvgIpc) is 2.52. The van der Waals surface area contributed by atoms with E-state index in [1.807, 2.05) is 0 Å². The van der Waals surface area contributed by atoms with E-state index in [0.717, 1.165) is 19.0 Å². The van der Waals surface area contributed by atoms with Crippen LogP contribution < -0.4 is 5.32 Å². The van der Waals surface area contributed by atoms with Gasteiger partial charge in [-0.2, -0.15) is 0 Å². The molecule has 1 fully saturated rings. The highest BCUT2D eigenvalue weighted by Crippen LogP contribution is 2.21. The van der Waals surface area contributed by atoms with E-state index in [0.29, 0.717) is 0 Å². The molecule has 0 aromatic carbocycles. The van der Waals surface area contributed by atoms with Gasteiger partial charge in [0.05, 0.1) is 0 Å². The Labute approximate surface area is 95.4 Å². The van der Waals surface area contributed by atoms with Crippen molar-refractivity contribution in [1.82, 2.24) is 10.2 Å². The predicted octanol–water partition coefficient (Wildman–Crippen LogP) is 2.50. The molecule has 1 N–H and O–H groups in total. The first-order valence-corrected chi connectivity index (χ1v) is 6.72. The molecule has 1 aliphatic carbocycles. The largest absolute Gasteiger partial charge is 0.315 e. The second-order valence-corrected chi connectivity index (χ2v) is 4.96. The number of rotatable bonds is 6. The van der Waals surface area contributed by atoms with E-state index < -0.39 is 0 Å². The maximum absolute atomic E-state index is 3.61. The SMILES string of the molecule is CCN(C)CCNCC1CCCCCC1. The van der Waals surface area contributed by atoms with Crippen molar-refractivity contribution in [3.8, 4) is 0 Å². The van der Waals surface area contributed by atoms with Crippen LogP contribution in [0.25, 0.3) is 0 Å². The molecule has 0 aromatic rings. The summed E-state index contributed by atoms with van der Waals surface area (Å²) in [5, 5.41) is 3.61. The van der Waals surface area contributed by atoms with E-state index in [-0.39, 0.29) is 0 Å². The van der Waals surface area contributed by atoms with Crippen molar-refractivity contribution < 1.29 is 0 Å². The maximum atomic E-state index is 3.61. The topological polar surface area (TPSA) is 15.3 Å². The van der Waals surface area contributed by atoms with Gasteiger partial charge in [-0.25, -0.2) is 0 Å². The van der Waals surface area contributed by atoms with E-state index in [9.17, 15) is 0 Å². The summed E-state index contributed by atoms with van der Waals surface area (Å²) in [5.74, 6) is 0.958. The molecule has 0 heterocycles. The molecule has 1 aliphatic rings. The minimum Gasteiger partial charge on any atom is -0.315 e. The number of nitrogens with one attached hydrogen (secondary N) is 1. The van der Waals surface area contributed by atoms with Crippen molar-refractivity contribution in [3.63, 3.8) is 0 Å². The van der Waals surface area contributed by atoms with Gasteiger partial charge in [-0.1, -0.05) is 32.6 Å². The van der Waals surface area contributed by atoms with E-state index in [4.69, 9.17) is 0 Å². The van der Waals surface area contributed by atoms with Gasteiger partial charge in [0.25, 0.3) is 0 Å². The molecule has 0 bridgehead atoms. The van der Waals surface area contributed by atoms with Crippen molar-refractivity contribution in [3.05, 3.63) is 0 Å². The van der Waals surface area contributed by atoms with Crippen LogP contribution in [0, 0.1) is 5.92 Å². The van der Waals surface area contributed by atoms with Crippen LogP contribution in [-0.2, 0) is 0 Å². The second kappa shape index (κ2) is 8.12. The third-order valence-corrected chi connectivity index (χ3v) is 3.62. The molecule has 0 aromatic heterocycles. The summed E-state index contributed by atoms with van der Waals surface area (Å²) in [6.07, 6.45) is 8.76. The number of hydrogen-bond donors (Lipinski definition) is 1. The van der Waals surface area contributed by atoms with Gasteiger partial charge in [0.15, 0.2) is 0 Å². The molecule has 0 radical (unpaired) electrons. The normalized spacial score (nSPS) is 19.4. The molecular weight excluding hydrogens is 184 g/mol. The Morgan fingerprint density at radius 3 is 2.40 bits per heavy atom. The van der Waals surface area contributed by atoms with Crippen LogP contribution in [0.5, 0.6) is 0 Å². The molecule has 1 saturated carbocycles. The van der Waals surface area contributed by atoms with Crippen molar-refractivity contribution in [2.75, 3.05) is 33.2 Å². The molecular formula is C13H28N2. The van der Waals surface area contributed by atoms with Crippen LogP contribution in [0.2, 0.25) is 0 Å². The van der Waals surface area contributed by atoms with Gasteiger partial charge in [-0.05, 0) is 38.9 Å². The fourth-order valence-corrected chi connectivity index (χ4v) is 2.30. The molecule has 0 atom stereocenters. The Bertz CT molecular complexity index is 139. The number of hydrogen-bond acceptors (Lipinski definition) is 2. The van der Waals surface area contributed by atoms with Gasteiger partial charge in [0.2, 0.25) is 0 Å². The van der Waals surface area contributed by atoms with Crippen LogP contribution in [-0.4, -0.2) is 38.1 Å². The van der Waals surface area contributed by atoms with Crippen LogP contribution in [0.1, 0.15) is 45.4 Å². The summed E-state index contributed by atoms with van der Waals surface area (Å²) in [7, 11) is 2.19. The fraction of sp³-hybridized carbons (Fsp3) is 1.00. The molecule has 15 heavy (non-hydrogen) atoms. The lowest BCUT2D eigenvalue weighted by Gasteiger charge is -2.17. The third-order valence-electron chi connectivity index (χ3n) is 3.62. The molecule has 1 rings (SSSR count). The van der Waals surface area contributed by atoms with Gasteiger partial charge in [-0.3, -0.25) is 0 Å². The summed E-state index contributed by atoms with van der Waals surface area (Å²) >= 11 is 0. The van der Waals surface area contributed by atoms with Crippen LogP contribution >= 0.6 is 0 Å². The first-order valence-electron chi connectivity index (χ1n) is 6.72. The Balaban J connectivity index is 1.98. The first-order chi connectivity index (χ1) is 7.33. The maximum Gasteiger partial charge on any atom is 0.0104 e.